The molecule has 1 aromatic rings. The van der Waals surface area contributed by atoms with Crippen LogP contribution in [0.5, 0.6) is 0 Å². The Bertz CT molecular complexity index is 337. The van der Waals surface area contributed by atoms with Crippen LogP contribution in [0.2, 0.25) is 0 Å². The van der Waals surface area contributed by atoms with Crippen LogP contribution in [0.4, 0.5) is 0 Å². The lowest BCUT2D eigenvalue weighted by Crippen LogP contribution is -2.13. The number of hydrogen-bond donors (Lipinski definition) is 1. The highest BCUT2D eigenvalue weighted by Crippen LogP contribution is 2.10. The van der Waals surface area contributed by atoms with Crippen LogP contribution in [0.3, 0.4) is 0 Å². The van der Waals surface area contributed by atoms with Gasteiger partial charge in [-0.1, -0.05) is 49.8 Å². The van der Waals surface area contributed by atoms with Crippen LogP contribution in [-0.4, -0.2) is 6.54 Å². The van der Waals surface area contributed by atoms with Gasteiger partial charge in [0.15, 0.2) is 0 Å². The Kier molecular flexibility index (Phi) is 7.24. The molecule has 1 heteroatoms. The second-order valence-corrected chi connectivity index (χ2v) is 5.08. The zero-order valence-corrected chi connectivity index (χ0v) is 12.0. The van der Waals surface area contributed by atoms with E-state index in [1.807, 2.05) is 0 Å². The molecule has 0 amide bonds. The van der Waals surface area contributed by atoms with Crippen molar-refractivity contribution in [1.82, 2.24) is 5.32 Å². The van der Waals surface area contributed by atoms with Crippen molar-refractivity contribution in [2.45, 2.75) is 52.4 Å². The number of unbranched alkanes of at least 4 members (excludes halogenated alkanes) is 2. The topological polar surface area (TPSA) is 12.0 Å². The number of nitrogens with one attached hydrogen (secondary N) is 1. The molecule has 1 aromatic carbocycles. The number of rotatable bonds is 9. The molecular weight excluding hydrogens is 218 g/mol. The molecule has 0 atom stereocenters. The molecule has 0 aromatic heterocycles. The minimum absolute atomic E-state index is 1.08. The Balaban J connectivity index is 2.07. The summed E-state index contributed by atoms with van der Waals surface area (Å²) >= 11 is 0. The van der Waals surface area contributed by atoms with E-state index in [1.54, 1.807) is 0 Å². The molecule has 100 valence electrons. The predicted octanol–water partition coefficient (Wildman–Crippen LogP) is 4.61. The minimum atomic E-state index is 1.08. The predicted molar refractivity (Wildman–Crippen MR) is 80.8 cm³/mol. The van der Waals surface area contributed by atoms with Crippen molar-refractivity contribution in [2.75, 3.05) is 6.54 Å². The van der Waals surface area contributed by atoms with Gasteiger partial charge in [-0.05, 0) is 44.6 Å². The normalized spacial score (nSPS) is 10.3. The van der Waals surface area contributed by atoms with Crippen LogP contribution in [0.15, 0.2) is 36.5 Å². The third-order valence-electron chi connectivity index (χ3n) is 3.22. The maximum Gasteiger partial charge on any atom is 0.0143 e. The Morgan fingerprint density at radius 2 is 1.83 bits per heavy atom. The molecule has 0 fully saturated rings. The van der Waals surface area contributed by atoms with Crippen molar-refractivity contribution in [3.63, 3.8) is 0 Å². The first-order valence-electron chi connectivity index (χ1n) is 7.19. The lowest BCUT2D eigenvalue weighted by Gasteiger charge is -2.08. The molecule has 1 nitrogen and oxygen atoms in total. The van der Waals surface area contributed by atoms with Crippen molar-refractivity contribution < 1.29 is 0 Å². The Morgan fingerprint density at radius 3 is 2.50 bits per heavy atom. The Labute approximate surface area is 112 Å². The number of aryl methyl sites for hydroxylation is 2. The van der Waals surface area contributed by atoms with E-state index in [0.29, 0.717) is 0 Å². The zero-order valence-electron chi connectivity index (χ0n) is 12.0. The molecule has 18 heavy (non-hydrogen) atoms. The second-order valence-electron chi connectivity index (χ2n) is 5.08. The van der Waals surface area contributed by atoms with Gasteiger partial charge in [0.1, 0.15) is 0 Å². The third kappa shape index (κ3) is 6.48. The fourth-order valence-corrected chi connectivity index (χ4v) is 1.95. The quantitative estimate of drug-likeness (QED) is 0.626. The van der Waals surface area contributed by atoms with Gasteiger partial charge in [0, 0.05) is 12.2 Å². The molecule has 0 radical (unpaired) electrons. The van der Waals surface area contributed by atoms with Gasteiger partial charge in [0.2, 0.25) is 0 Å². The first-order chi connectivity index (χ1) is 8.72. The third-order valence-corrected chi connectivity index (χ3v) is 3.22. The van der Waals surface area contributed by atoms with Crippen LogP contribution < -0.4 is 5.32 Å². The van der Waals surface area contributed by atoms with Gasteiger partial charge < -0.3 is 5.32 Å². The summed E-state index contributed by atoms with van der Waals surface area (Å²) in [6, 6.07) is 8.87. The van der Waals surface area contributed by atoms with Crippen molar-refractivity contribution in [1.29, 1.82) is 0 Å². The zero-order chi connectivity index (χ0) is 13.2. The van der Waals surface area contributed by atoms with Crippen LogP contribution in [0.1, 0.15) is 50.2 Å². The molecule has 0 heterocycles. The van der Waals surface area contributed by atoms with Gasteiger partial charge >= 0.3 is 0 Å². The molecule has 0 saturated carbocycles. The number of benzene rings is 1. The van der Waals surface area contributed by atoms with Gasteiger partial charge in [-0.25, -0.2) is 0 Å². The molecular formula is C17H27N. The fourth-order valence-electron chi connectivity index (χ4n) is 1.95. The standard InChI is InChI=1S/C17H27N/c1-4-5-14-18-16(3)8-6-7-9-17-12-10-15(2)11-13-17/h10-13,18H,3-9,14H2,1-2H3. The Hall–Kier alpha value is -1.24. The molecule has 0 bridgehead atoms. The minimum Gasteiger partial charge on any atom is -0.389 e. The largest absolute Gasteiger partial charge is 0.389 e. The summed E-state index contributed by atoms with van der Waals surface area (Å²) < 4.78 is 0. The van der Waals surface area contributed by atoms with Crippen molar-refractivity contribution in [2.24, 2.45) is 0 Å². The highest BCUT2D eigenvalue weighted by atomic mass is 14.9. The van der Waals surface area contributed by atoms with E-state index >= 15 is 0 Å². The summed E-state index contributed by atoms with van der Waals surface area (Å²) in [5.74, 6) is 0. The van der Waals surface area contributed by atoms with Crippen molar-refractivity contribution in [3.8, 4) is 0 Å². The second kappa shape index (κ2) is 8.79. The molecule has 0 aliphatic heterocycles. The molecule has 1 rings (SSSR count). The molecule has 0 aliphatic carbocycles. The maximum absolute atomic E-state index is 4.07. The summed E-state index contributed by atoms with van der Waals surface area (Å²) in [5.41, 5.74) is 3.99. The fraction of sp³-hybridized carbons (Fsp3) is 0.529. The van der Waals surface area contributed by atoms with Crippen molar-refractivity contribution >= 4 is 0 Å². The maximum atomic E-state index is 4.07. The molecule has 0 spiro atoms. The number of allylic oxidation sites excluding steroid dienone is 1. The van der Waals surface area contributed by atoms with E-state index < -0.39 is 0 Å². The van der Waals surface area contributed by atoms with Gasteiger partial charge in [0.25, 0.3) is 0 Å². The lowest BCUT2D eigenvalue weighted by atomic mass is 10.1. The van der Waals surface area contributed by atoms with Gasteiger partial charge in [0.05, 0.1) is 0 Å². The first kappa shape index (κ1) is 14.8. The highest BCUT2D eigenvalue weighted by Gasteiger charge is 1.96. The van der Waals surface area contributed by atoms with E-state index in [-0.39, 0.29) is 0 Å². The van der Waals surface area contributed by atoms with Crippen LogP contribution >= 0.6 is 0 Å². The van der Waals surface area contributed by atoms with Gasteiger partial charge in [-0.15, -0.1) is 0 Å². The van der Waals surface area contributed by atoms with E-state index in [0.717, 1.165) is 13.0 Å². The monoisotopic (exact) mass is 245 g/mol. The summed E-state index contributed by atoms with van der Waals surface area (Å²) in [6.45, 7) is 9.50. The van der Waals surface area contributed by atoms with E-state index in [4.69, 9.17) is 0 Å². The van der Waals surface area contributed by atoms with Crippen molar-refractivity contribution in [3.05, 3.63) is 47.7 Å². The SMILES string of the molecule is C=C(CCCCc1ccc(C)cc1)NCCCC. The average molecular weight is 245 g/mol. The molecule has 0 saturated heterocycles. The average Bonchev–Trinajstić information content (AvgIpc) is 2.37. The molecule has 1 N–H and O–H groups in total. The molecule has 0 aliphatic rings. The summed E-state index contributed by atoms with van der Waals surface area (Å²) in [7, 11) is 0. The van der Waals surface area contributed by atoms with Gasteiger partial charge in [-0.2, -0.15) is 0 Å². The molecule has 0 unspecified atom stereocenters. The Morgan fingerprint density at radius 1 is 1.11 bits per heavy atom. The highest BCUT2D eigenvalue weighted by molar-refractivity contribution is 5.21. The number of hydrogen-bond acceptors (Lipinski definition) is 1. The summed E-state index contributed by atoms with van der Waals surface area (Å²) in [6.07, 6.45) is 7.25. The lowest BCUT2D eigenvalue weighted by molar-refractivity contribution is 0.652. The van der Waals surface area contributed by atoms with E-state index in [9.17, 15) is 0 Å². The van der Waals surface area contributed by atoms with Crippen LogP contribution in [-0.2, 0) is 6.42 Å². The van der Waals surface area contributed by atoms with Gasteiger partial charge in [-0.3, -0.25) is 0 Å². The van der Waals surface area contributed by atoms with E-state index in [1.165, 1.54) is 48.9 Å². The smallest absolute Gasteiger partial charge is 0.0143 e. The summed E-state index contributed by atoms with van der Waals surface area (Å²) in [4.78, 5) is 0. The first-order valence-corrected chi connectivity index (χ1v) is 7.19. The van der Waals surface area contributed by atoms with Crippen LogP contribution in [0, 0.1) is 6.92 Å². The van der Waals surface area contributed by atoms with Crippen LogP contribution in [0.25, 0.3) is 0 Å². The van der Waals surface area contributed by atoms with E-state index in [2.05, 4.69) is 50.0 Å². The summed E-state index contributed by atoms with van der Waals surface area (Å²) in [5, 5.41) is 3.40.